The lowest BCUT2D eigenvalue weighted by Gasteiger charge is -2.18. The predicted octanol–water partition coefficient (Wildman–Crippen LogP) is 3.77. The number of nitrogens with two attached hydrogens (primary N) is 1. The minimum absolute atomic E-state index is 0.0166. The molecule has 2 aromatic rings. The molecule has 0 spiro atoms. The van der Waals surface area contributed by atoms with Crippen LogP contribution in [0.3, 0.4) is 0 Å². The zero-order valence-corrected chi connectivity index (χ0v) is 11.7. The number of benzene rings is 2. The maximum absolute atomic E-state index is 13.8. The Hall–Kier alpha value is -2.01. The summed E-state index contributed by atoms with van der Waals surface area (Å²) in [6.45, 7) is 1.85. The van der Waals surface area contributed by atoms with E-state index >= 15 is 0 Å². The molecular formula is C15H14F2N2S. The molecule has 2 rings (SSSR count). The van der Waals surface area contributed by atoms with Crippen molar-refractivity contribution < 1.29 is 8.78 Å². The molecule has 0 heterocycles. The fourth-order valence-corrected chi connectivity index (χ4v) is 2.19. The molecule has 0 saturated heterocycles. The predicted molar refractivity (Wildman–Crippen MR) is 80.7 cm³/mol. The van der Waals surface area contributed by atoms with Gasteiger partial charge in [-0.15, -0.1) is 0 Å². The highest BCUT2D eigenvalue weighted by atomic mass is 32.1. The van der Waals surface area contributed by atoms with Crippen LogP contribution in [0.5, 0.6) is 0 Å². The quantitative estimate of drug-likeness (QED) is 0.842. The molecule has 0 bridgehead atoms. The number of hydrogen-bond donors (Lipinski definition) is 2. The summed E-state index contributed by atoms with van der Waals surface area (Å²) in [5.41, 5.74) is 6.96. The minimum atomic E-state index is -0.478. The van der Waals surface area contributed by atoms with Crippen LogP contribution in [-0.4, -0.2) is 4.99 Å². The van der Waals surface area contributed by atoms with Crippen LogP contribution >= 0.6 is 12.2 Å². The van der Waals surface area contributed by atoms with Gasteiger partial charge in [0.05, 0.1) is 5.56 Å². The van der Waals surface area contributed by atoms with Crippen molar-refractivity contribution in [2.24, 2.45) is 5.73 Å². The largest absolute Gasteiger partial charge is 0.389 e. The average molecular weight is 292 g/mol. The van der Waals surface area contributed by atoms with Gasteiger partial charge in [-0.1, -0.05) is 30.4 Å². The molecule has 1 unspecified atom stereocenters. The van der Waals surface area contributed by atoms with E-state index < -0.39 is 5.82 Å². The fraction of sp³-hybridized carbons (Fsp3) is 0.133. The van der Waals surface area contributed by atoms with Gasteiger partial charge < -0.3 is 11.1 Å². The van der Waals surface area contributed by atoms with Gasteiger partial charge in [-0.2, -0.15) is 0 Å². The summed E-state index contributed by atoms with van der Waals surface area (Å²) in [6, 6.07) is 10.6. The Morgan fingerprint density at radius 3 is 2.55 bits per heavy atom. The molecule has 104 valence electrons. The molecule has 2 nitrogen and oxygen atoms in total. The van der Waals surface area contributed by atoms with Crippen LogP contribution in [-0.2, 0) is 0 Å². The first-order valence-electron chi connectivity index (χ1n) is 6.09. The summed E-state index contributed by atoms with van der Waals surface area (Å²) in [5.74, 6) is -0.793. The number of thiocarbonyl (C=S) groups is 1. The third kappa shape index (κ3) is 3.11. The summed E-state index contributed by atoms with van der Waals surface area (Å²) < 4.78 is 27.0. The zero-order valence-electron chi connectivity index (χ0n) is 10.9. The maximum atomic E-state index is 13.8. The number of hydrogen-bond acceptors (Lipinski definition) is 2. The first-order valence-corrected chi connectivity index (χ1v) is 6.50. The Morgan fingerprint density at radius 1 is 1.20 bits per heavy atom. The van der Waals surface area contributed by atoms with Gasteiger partial charge >= 0.3 is 0 Å². The summed E-state index contributed by atoms with van der Waals surface area (Å²) in [6.07, 6.45) is 0. The van der Waals surface area contributed by atoms with E-state index in [0.29, 0.717) is 5.69 Å². The Bertz CT molecular complexity index is 644. The van der Waals surface area contributed by atoms with Crippen LogP contribution in [0.1, 0.15) is 24.1 Å². The van der Waals surface area contributed by atoms with Crippen molar-refractivity contribution in [2.45, 2.75) is 13.0 Å². The highest BCUT2D eigenvalue weighted by molar-refractivity contribution is 7.80. The van der Waals surface area contributed by atoms with Gasteiger partial charge in [0.25, 0.3) is 0 Å². The first-order chi connectivity index (χ1) is 9.49. The highest BCUT2D eigenvalue weighted by Gasteiger charge is 2.14. The molecule has 2 aromatic carbocycles. The molecule has 0 amide bonds. The smallest absolute Gasteiger partial charge is 0.135 e. The average Bonchev–Trinajstić information content (AvgIpc) is 2.38. The van der Waals surface area contributed by atoms with Gasteiger partial charge in [-0.3, -0.25) is 0 Å². The van der Waals surface area contributed by atoms with Crippen LogP contribution in [0.15, 0.2) is 42.5 Å². The molecular weight excluding hydrogens is 278 g/mol. The van der Waals surface area contributed by atoms with E-state index in [0.717, 1.165) is 5.56 Å². The van der Waals surface area contributed by atoms with Crippen LogP contribution in [0.4, 0.5) is 14.5 Å². The topological polar surface area (TPSA) is 38.0 Å². The molecule has 0 aliphatic heterocycles. The van der Waals surface area contributed by atoms with Crippen molar-refractivity contribution >= 4 is 22.9 Å². The Labute approximate surface area is 121 Å². The second-order valence-electron chi connectivity index (χ2n) is 4.45. The van der Waals surface area contributed by atoms with Gasteiger partial charge in [0.15, 0.2) is 0 Å². The van der Waals surface area contributed by atoms with E-state index in [1.54, 1.807) is 24.3 Å². The van der Waals surface area contributed by atoms with E-state index in [9.17, 15) is 8.78 Å². The third-order valence-electron chi connectivity index (χ3n) is 2.98. The number of halogens is 2. The van der Waals surface area contributed by atoms with Crippen LogP contribution in [0.2, 0.25) is 0 Å². The lowest BCUT2D eigenvalue weighted by Crippen LogP contribution is -2.17. The van der Waals surface area contributed by atoms with E-state index in [2.05, 4.69) is 5.32 Å². The van der Waals surface area contributed by atoms with Crippen molar-refractivity contribution in [1.82, 2.24) is 0 Å². The summed E-state index contributed by atoms with van der Waals surface area (Å²) in [4.78, 5) is -0.0166. The van der Waals surface area contributed by atoms with Gasteiger partial charge in [-0.25, -0.2) is 8.78 Å². The zero-order chi connectivity index (χ0) is 14.7. The van der Waals surface area contributed by atoms with Crippen LogP contribution < -0.4 is 11.1 Å². The van der Waals surface area contributed by atoms with Crippen LogP contribution in [0, 0.1) is 11.6 Å². The molecule has 5 heteroatoms. The summed E-state index contributed by atoms with van der Waals surface area (Å²) in [5, 5.41) is 3.10. The summed E-state index contributed by atoms with van der Waals surface area (Å²) >= 11 is 4.87. The van der Waals surface area contributed by atoms with Gasteiger partial charge in [0.2, 0.25) is 0 Å². The molecule has 0 saturated carbocycles. The molecule has 3 N–H and O–H groups in total. The highest BCUT2D eigenvalue weighted by Crippen LogP contribution is 2.24. The van der Waals surface area contributed by atoms with E-state index in [-0.39, 0.29) is 22.4 Å². The second-order valence-corrected chi connectivity index (χ2v) is 4.89. The molecule has 0 aromatic heterocycles. The lowest BCUT2D eigenvalue weighted by molar-refractivity contribution is 0.622. The monoisotopic (exact) mass is 292 g/mol. The molecule has 0 aliphatic carbocycles. The second kappa shape index (κ2) is 5.96. The first kappa shape index (κ1) is 14.4. The normalized spacial score (nSPS) is 11.9. The van der Waals surface area contributed by atoms with E-state index in [1.165, 1.54) is 18.2 Å². The molecule has 0 aliphatic rings. The standard InChI is InChI=1S/C15H14F2N2S/c1-9(10-4-2-5-11(16)8-10)19-13-7-3-6-12(17)14(13)15(18)20/h2-9,19H,1H3,(H2,18,20). The van der Waals surface area contributed by atoms with E-state index in [1.807, 2.05) is 6.92 Å². The lowest BCUT2D eigenvalue weighted by atomic mass is 10.1. The maximum Gasteiger partial charge on any atom is 0.135 e. The van der Waals surface area contributed by atoms with Crippen molar-refractivity contribution in [2.75, 3.05) is 5.32 Å². The SMILES string of the molecule is CC(Nc1cccc(F)c1C(N)=S)c1cccc(F)c1. The fourth-order valence-electron chi connectivity index (χ4n) is 1.99. The number of rotatable bonds is 4. The van der Waals surface area contributed by atoms with Crippen molar-refractivity contribution in [3.8, 4) is 0 Å². The number of anilines is 1. The van der Waals surface area contributed by atoms with Gasteiger partial charge in [0.1, 0.15) is 16.6 Å². The summed E-state index contributed by atoms with van der Waals surface area (Å²) in [7, 11) is 0. The number of nitrogens with one attached hydrogen (secondary N) is 1. The molecule has 0 fully saturated rings. The molecule has 0 radical (unpaired) electrons. The molecule has 1 atom stereocenters. The van der Waals surface area contributed by atoms with Gasteiger partial charge in [-0.05, 0) is 36.8 Å². The van der Waals surface area contributed by atoms with Crippen molar-refractivity contribution in [3.63, 3.8) is 0 Å². The van der Waals surface area contributed by atoms with Gasteiger partial charge in [0, 0.05) is 11.7 Å². The van der Waals surface area contributed by atoms with Crippen LogP contribution in [0.25, 0.3) is 0 Å². The Kier molecular flexibility index (Phi) is 4.29. The van der Waals surface area contributed by atoms with E-state index in [4.69, 9.17) is 18.0 Å². The third-order valence-corrected chi connectivity index (χ3v) is 3.18. The Morgan fingerprint density at radius 2 is 1.90 bits per heavy atom. The molecule has 20 heavy (non-hydrogen) atoms. The minimum Gasteiger partial charge on any atom is -0.389 e. The van der Waals surface area contributed by atoms with Crippen molar-refractivity contribution in [3.05, 3.63) is 65.2 Å². The Balaban J connectivity index is 2.30. The van der Waals surface area contributed by atoms with Crippen molar-refractivity contribution in [1.29, 1.82) is 0 Å².